The number of likely N-dealkylation sites (tertiary alicyclic amines) is 1. The van der Waals surface area contributed by atoms with Crippen LogP contribution in [0.1, 0.15) is 39.2 Å². The van der Waals surface area contributed by atoms with Crippen LogP contribution in [0.15, 0.2) is 42.7 Å². The van der Waals surface area contributed by atoms with Gasteiger partial charge in [0, 0.05) is 31.2 Å². The zero-order chi connectivity index (χ0) is 17.9. The van der Waals surface area contributed by atoms with E-state index in [-0.39, 0.29) is 11.4 Å². The van der Waals surface area contributed by atoms with Crippen LogP contribution in [0.25, 0.3) is 0 Å². The Labute approximate surface area is 150 Å². The fourth-order valence-corrected chi connectivity index (χ4v) is 3.59. The van der Waals surface area contributed by atoms with Gasteiger partial charge in [-0.3, -0.25) is 4.68 Å². The third-order valence-electron chi connectivity index (χ3n) is 4.89. The molecule has 1 fully saturated rings. The molecule has 3 rings (SSSR count). The molecule has 0 radical (unpaired) electrons. The zero-order valence-electron chi connectivity index (χ0n) is 15.4. The second-order valence-electron chi connectivity index (χ2n) is 7.73. The van der Waals surface area contributed by atoms with Gasteiger partial charge in [-0.25, -0.2) is 4.79 Å². The van der Waals surface area contributed by atoms with Gasteiger partial charge in [0.15, 0.2) is 0 Å². The SMILES string of the molecule is CC(C)Cn1cc(NC(=O)N2CCCC(C)(c3ccccc3)C2)cn1. The van der Waals surface area contributed by atoms with Crippen molar-refractivity contribution < 1.29 is 4.79 Å². The van der Waals surface area contributed by atoms with Crippen molar-refractivity contribution in [3.05, 3.63) is 48.3 Å². The Kier molecular flexibility index (Phi) is 5.11. The van der Waals surface area contributed by atoms with Gasteiger partial charge in [-0.1, -0.05) is 51.1 Å². The molecule has 0 bridgehead atoms. The van der Waals surface area contributed by atoms with Gasteiger partial charge in [-0.2, -0.15) is 5.10 Å². The predicted octanol–water partition coefficient (Wildman–Crippen LogP) is 4.12. The summed E-state index contributed by atoms with van der Waals surface area (Å²) in [6.07, 6.45) is 5.75. The van der Waals surface area contributed by atoms with Crippen molar-refractivity contribution in [3.63, 3.8) is 0 Å². The Morgan fingerprint density at radius 2 is 2.08 bits per heavy atom. The quantitative estimate of drug-likeness (QED) is 0.910. The largest absolute Gasteiger partial charge is 0.324 e. The van der Waals surface area contributed by atoms with Crippen molar-refractivity contribution in [2.24, 2.45) is 5.92 Å². The van der Waals surface area contributed by atoms with Crippen LogP contribution in [-0.2, 0) is 12.0 Å². The van der Waals surface area contributed by atoms with Crippen molar-refractivity contribution in [2.75, 3.05) is 18.4 Å². The number of benzene rings is 1. The van der Waals surface area contributed by atoms with E-state index in [0.717, 1.165) is 38.2 Å². The number of piperidine rings is 1. The number of nitrogens with one attached hydrogen (secondary N) is 1. The number of nitrogens with zero attached hydrogens (tertiary/aromatic N) is 3. The second-order valence-corrected chi connectivity index (χ2v) is 7.73. The molecule has 0 spiro atoms. The van der Waals surface area contributed by atoms with Gasteiger partial charge in [-0.15, -0.1) is 0 Å². The molecule has 1 aliphatic rings. The Balaban J connectivity index is 1.65. The van der Waals surface area contributed by atoms with Gasteiger partial charge in [-0.05, 0) is 24.3 Å². The van der Waals surface area contributed by atoms with Gasteiger partial charge < -0.3 is 10.2 Å². The summed E-state index contributed by atoms with van der Waals surface area (Å²) in [4.78, 5) is 14.6. The van der Waals surface area contributed by atoms with E-state index < -0.39 is 0 Å². The maximum atomic E-state index is 12.7. The first-order valence-electron chi connectivity index (χ1n) is 9.10. The third kappa shape index (κ3) is 4.21. The highest BCUT2D eigenvalue weighted by Gasteiger charge is 2.34. The molecule has 1 aromatic heterocycles. The fraction of sp³-hybridized carbons (Fsp3) is 0.500. The van der Waals surface area contributed by atoms with Gasteiger partial charge in [0.05, 0.1) is 11.9 Å². The van der Waals surface area contributed by atoms with E-state index in [2.05, 4.69) is 55.5 Å². The lowest BCUT2D eigenvalue weighted by atomic mass is 9.76. The van der Waals surface area contributed by atoms with Gasteiger partial charge in [0.1, 0.15) is 0 Å². The summed E-state index contributed by atoms with van der Waals surface area (Å²) in [5, 5.41) is 7.31. The van der Waals surface area contributed by atoms with E-state index in [1.54, 1.807) is 6.20 Å². The predicted molar refractivity (Wildman–Crippen MR) is 101 cm³/mol. The molecule has 1 atom stereocenters. The minimum atomic E-state index is -0.0362. The van der Waals surface area contributed by atoms with Crippen LogP contribution in [0.3, 0.4) is 0 Å². The molecule has 25 heavy (non-hydrogen) atoms. The van der Waals surface area contributed by atoms with Crippen molar-refractivity contribution >= 4 is 11.7 Å². The van der Waals surface area contributed by atoms with E-state index in [4.69, 9.17) is 0 Å². The van der Waals surface area contributed by atoms with Crippen LogP contribution in [0.5, 0.6) is 0 Å². The highest BCUT2D eigenvalue weighted by Crippen LogP contribution is 2.33. The Morgan fingerprint density at radius 1 is 1.32 bits per heavy atom. The molecule has 134 valence electrons. The number of carbonyl (C=O) groups excluding carboxylic acids is 1. The molecule has 0 saturated carbocycles. The summed E-state index contributed by atoms with van der Waals surface area (Å²) in [7, 11) is 0. The molecule has 2 amide bonds. The third-order valence-corrected chi connectivity index (χ3v) is 4.89. The Bertz CT molecular complexity index is 709. The van der Waals surface area contributed by atoms with Crippen LogP contribution >= 0.6 is 0 Å². The number of carbonyl (C=O) groups is 1. The monoisotopic (exact) mass is 340 g/mol. The van der Waals surface area contributed by atoms with Crippen LogP contribution in [0.2, 0.25) is 0 Å². The molecule has 0 aliphatic carbocycles. The number of rotatable bonds is 4. The van der Waals surface area contributed by atoms with Crippen molar-refractivity contribution in [1.82, 2.24) is 14.7 Å². The first-order valence-corrected chi connectivity index (χ1v) is 9.10. The average Bonchev–Trinajstić information content (AvgIpc) is 3.02. The van der Waals surface area contributed by atoms with Gasteiger partial charge >= 0.3 is 6.03 Å². The maximum Gasteiger partial charge on any atom is 0.321 e. The van der Waals surface area contributed by atoms with E-state index in [1.165, 1.54) is 5.56 Å². The highest BCUT2D eigenvalue weighted by atomic mass is 16.2. The number of amides is 2. The summed E-state index contributed by atoms with van der Waals surface area (Å²) < 4.78 is 1.88. The van der Waals surface area contributed by atoms with Crippen molar-refractivity contribution in [1.29, 1.82) is 0 Å². The number of aromatic nitrogens is 2. The highest BCUT2D eigenvalue weighted by molar-refractivity contribution is 5.89. The van der Waals surface area contributed by atoms with E-state index in [0.29, 0.717) is 5.92 Å². The molecule has 5 nitrogen and oxygen atoms in total. The summed E-state index contributed by atoms with van der Waals surface area (Å²) in [5.41, 5.74) is 2.08. The smallest absolute Gasteiger partial charge is 0.321 e. The fourth-order valence-electron chi connectivity index (χ4n) is 3.59. The second kappa shape index (κ2) is 7.30. The number of hydrogen-bond acceptors (Lipinski definition) is 2. The Morgan fingerprint density at radius 3 is 2.80 bits per heavy atom. The summed E-state index contributed by atoms with van der Waals surface area (Å²) in [6, 6.07) is 10.5. The number of urea groups is 1. The summed E-state index contributed by atoms with van der Waals surface area (Å²) in [6.45, 7) is 8.95. The van der Waals surface area contributed by atoms with Crippen LogP contribution in [-0.4, -0.2) is 33.8 Å². The van der Waals surface area contributed by atoms with E-state index in [9.17, 15) is 4.79 Å². The maximum absolute atomic E-state index is 12.7. The van der Waals surface area contributed by atoms with Gasteiger partial charge in [0.25, 0.3) is 0 Å². The lowest BCUT2D eigenvalue weighted by molar-refractivity contribution is 0.167. The standard InChI is InChI=1S/C20H28N4O/c1-16(2)13-24-14-18(12-21-24)22-19(25)23-11-7-10-20(3,15-23)17-8-5-4-6-9-17/h4-6,8-9,12,14,16H,7,10-11,13,15H2,1-3H3,(H,22,25). The zero-order valence-corrected chi connectivity index (χ0v) is 15.4. The first kappa shape index (κ1) is 17.5. The molecular weight excluding hydrogens is 312 g/mol. The summed E-state index contributed by atoms with van der Waals surface area (Å²) >= 11 is 0. The molecule has 5 heteroatoms. The van der Waals surface area contributed by atoms with E-state index in [1.807, 2.05) is 21.8 Å². The molecule has 1 N–H and O–H groups in total. The van der Waals surface area contributed by atoms with Crippen molar-refractivity contribution in [3.8, 4) is 0 Å². The van der Waals surface area contributed by atoms with Gasteiger partial charge in [0.2, 0.25) is 0 Å². The van der Waals surface area contributed by atoms with Crippen LogP contribution < -0.4 is 5.32 Å². The molecule has 1 aliphatic heterocycles. The topological polar surface area (TPSA) is 50.2 Å². The van der Waals surface area contributed by atoms with Crippen LogP contribution in [0.4, 0.5) is 10.5 Å². The molecule has 1 saturated heterocycles. The molecule has 2 aromatic rings. The molecule has 2 heterocycles. The minimum absolute atomic E-state index is 0.0126. The number of hydrogen-bond donors (Lipinski definition) is 1. The van der Waals surface area contributed by atoms with Crippen LogP contribution in [0, 0.1) is 5.92 Å². The average molecular weight is 340 g/mol. The van der Waals surface area contributed by atoms with Crippen molar-refractivity contribution in [2.45, 2.75) is 45.6 Å². The normalized spacial score (nSPS) is 20.7. The molecule has 1 aromatic carbocycles. The molecule has 1 unspecified atom stereocenters. The first-order chi connectivity index (χ1) is 12.0. The Hall–Kier alpha value is -2.30. The minimum Gasteiger partial charge on any atom is -0.324 e. The number of anilines is 1. The van der Waals surface area contributed by atoms with E-state index >= 15 is 0 Å². The lowest BCUT2D eigenvalue weighted by Crippen LogP contribution is -2.48. The summed E-state index contributed by atoms with van der Waals surface area (Å²) in [5.74, 6) is 0.525. The molecular formula is C20H28N4O. The lowest BCUT2D eigenvalue weighted by Gasteiger charge is -2.40.